The summed E-state index contributed by atoms with van der Waals surface area (Å²) >= 11 is 0. The van der Waals surface area contributed by atoms with Crippen molar-refractivity contribution in [1.29, 1.82) is 0 Å². The topological polar surface area (TPSA) is 170 Å². The molecule has 0 unspecified atom stereocenters. The van der Waals surface area contributed by atoms with Crippen LogP contribution in [0.3, 0.4) is 0 Å². The summed E-state index contributed by atoms with van der Waals surface area (Å²) in [5.41, 5.74) is 6.08. The fourth-order valence-corrected chi connectivity index (χ4v) is 2.81. The number of carbonyl (C=O) groups is 5. The molecule has 5 atom stereocenters. The molecule has 1 rings (SSSR count). The fourth-order valence-electron chi connectivity index (χ4n) is 2.81. The molecule has 0 aromatic carbocycles. The summed E-state index contributed by atoms with van der Waals surface area (Å²) in [6.07, 6.45) is -2.77. The van der Waals surface area contributed by atoms with Gasteiger partial charge >= 0.3 is 23.9 Å². The molecule has 1 aliphatic rings. The maximum atomic E-state index is 12.0. The van der Waals surface area contributed by atoms with Crippen molar-refractivity contribution in [2.24, 2.45) is 5.73 Å². The number of ether oxygens (including phenoxy) is 5. The van der Waals surface area contributed by atoms with Crippen LogP contribution in [0, 0.1) is 0 Å². The zero-order valence-corrected chi connectivity index (χ0v) is 17.3. The van der Waals surface area contributed by atoms with E-state index in [1.54, 1.807) is 0 Å². The molecule has 0 fully saturated rings. The molecule has 1 heterocycles. The number of esters is 4. The summed E-state index contributed by atoms with van der Waals surface area (Å²) in [5, 5.41) is 2.56. The molecule has 3 N–H and O–H groups in total. The van der Waals surface area contributed by atoms with Gasteiger partial charge in [-0.05, 0) is 6.08 Å². The molecular formula is C18H26N2O10. The van der Waals surface area contributed by atoms with Crippen molar-refractivity contribution in [3.8, 4) is 0 Å². The minimum atomic E-state index is -1.40. The van der Waals surface area contributed by atoms with Gasteiger partial charge in [0.25, 0.3) is 0 Å². The molecule has 168 valence electrons. The Morgan fingerprint density at radius 1 is 1.07 bits per heavy atom. The van der Waals surface area contributed by atoms with E-state index in [1.807, 2.05) is 0 Å². The summed E-state index contributed by atoms with van der Waals surface area (Å²) < 4.78 is 25.6. The molecule has 0 aromatic heterocycles. The molecule has 1 amide bonds. The number of nitrogens with two attached hydrogens (primary N) is 1. The Morgan fingerprint density at radius 3 is 2.13 bits per heavy atom. The van der Waals surface area contributed by atoms with Gasteiger partial charge in [-0.25, -0.2) is 4.79 Å². The van der Waals surface area contributed by atoms with Crippen LogP contribution in [0.1, 0.15) is 27.7 Å². The van der Waals surface area contributed by atoms with E-state index >= 15 is 0 Å². The predicted octanol–water partition coefficient (Wildman–Crippen LogP) is -1.30. The van der Waals surface area contributed by atoms with E-state index in [2.05, 4.69) is 10.1 Å². The lowest BCUT2D eigenvalue weighted by atomic mass is 9.92. The van der Waals surface area contributed by atoms with Crippen LogP contribution in [-0.2, 0) is 47.7 Å². The first-order valence-corrected chi connectivity index (χ1v) is 8.93. The second-order valence-electron chi connectivity index (χ2n) is 6.43. The summed E-state index contributed by atoms with van der Waals surface area (Å²) in [4.78, 5) is 58.3. The van der Waals surface area contributed by atoms with E-state index in [0.29, 0.717) is 0 Å². The monoisotopic (exact) mass is 430 g/mol. The quantitative estimate of drug-likeness (QED) is 0.346. The molecule has 0 aliphatic carbocycles. The molecule has 0 aromatic rings. The Kier molecular flexibility index (Phi) is 9.24. The molecular weight excluding hydrogens is 404 g/mol. The van der Waals surface area contributed by atoms with Gasteiger partial charge in [0.1, 0.15) is 6.61 Å². The molecule has 0 spiro atoms. The maximum absolute atomic E-state index is 12.0. The van der Waals surface area contributed by atoms with E-state index in [4.69, 9.17) is 24.7 Å². The van der Waals surface area contributed by atoms with Gasteiger partial charge in [0, 0.05) is 27.7 Å². The first-order valence-electron chi connectivity index (χ1n) is 8.93. The lowest BCUT2D eigenvalue weighted by molar-refractivity contribution is -0.187. The largest absolute Gasteiger partial charge is 0.477 e. The van der Waals surface area contributed by atoms with Crippen LogP contribution in [0.5, 0.6) is 0 Å². The van der Waals surface area contributed by atoms with Crippen LogP contribution in [0.15, 0.2) is 11.8 Å². The van der Waals surface area contributed by atoms with Gasteiger partial charge in [0.2, 0.25) is 11.7 Å². The molecule has 0 bridgehead atoms. The Bertz CT molecular complexity index is 720. The standard InChI is InChI=1S/C18H26N2O10/c1-8(21)20-15-12(19)6-13(18(25)26-5)30-17(15)16(29-11(4)24)14(28-10(3)23)7-27-9(2)22/h6,12,14-17H,7,19H2,1-5H3,(H,20,21)/t12-,14-,15-,16-,17+/m1/s1. The van der Waals surface area contributed by atoms with Crippen molar-refractivity contribution in [2.45, 2.75) is 58.1 Å². The zero-order valence-electron chi connectivity index (χ0n) is 17.3. The Hall–Kier alpha value is -3.15. The van der Waals surface area contributed by atoms with Gasteiger partial charge in [-0.15, -0.1) is 0 Å². The second kappa shape index (κ2) is 11.1. The lowest BCUT2D eigenvalue weighted by Gasteiger charge is -2.40. The summed E-state index contributed by atoms with van der Waals surface area (Å²) in [6.45, 7) is 4.08. The fraction of sp³-hybridized carbons (Fsp3) is 0.611. The highest BCUT2D eigenvalue weighted by Crippen LogP contribution is 2.26. The van der Waals surface area contributed by atoms with Crippen molar-refractivity contribution in [3.05, 3.63) is 11.8 Å². The average molecular weight is 430 g/mol. The van der Waals surface area contributed by atoms with E-state index in [9.17, 15) is 24.0 Å². The Balaban J connectivity index is 3.41. The molecule has 1 aliphatic heterocycles. The van der Waals surface area contributed by atoms with E-state index in [0.717, 1.165) is 27.9 Å². The van der Waals surface area contributed by atoms with Gasteiger partial charge in [-0.2, -0.15) is 0 Å². The highest BCUT2D eigenvalue weighted by Gasteiger charge is 2.47. The third kappa shape index (κ3) is 7.35. The van der Waals surface area contributed by atoms with Gasteiger partial charge in [-0.1, -0.05) is 0 Å². The highest BCUT2D eigenvalue weighted by atomic mass is 16.6. The van der Waals surface area contributed by atoms with Crippen LogP contribution in [0.4, 0.5) is 0 Å². The minimum Gasteiger partial charge on any atom is -0.477 e. The third-order valence-electron chi connectivity index (χ3n) is 3.89. The average Bonchev–Trinajstić information content (AvgIpc) is 2.63. The van der Waals surface area contributed by atoms with Gasteiger partial charge < -0.3 is 34.7 Å². The number of methoxy groups -OCH3 is 1. The number of rotatable bonds is 8. The van der Waals surface area contributed by atoms with Crippen LogP contribution in [-0.4, -0.2) is 73.9 Å². The normalized spacial score (nSPS) is 22.3. The van der Waals surface area contributed by atoms with Crippen LogP contribution >= 0.6 is 0 Å². The SMILES string of the molecule is COC(=O)C1=C[C@@H](N)[C@@H](NC(C)=O)[C@@H]([C@H](OC(C)=O)[C@@H](COC(C)=O)OC(C)=O)O1. The van der Waals surface area contributed by atoms with Crippen LogP contribution < -0.4 is 11.1 Å². The highest BCUT2D eigenvalue weighted by molar-refractivity contribution is 5.86. The zero-order chi connectivity index (χ0) is 23.0. The Morgan fingerprint density at radius 2 is 1.67 bits per heavy atom. The third-order valence-corrected chi connectivity index (χ3v) is 3.89. The second-order valence-corrected chi connectivity index (χ2v) is 6.43. The summed E-state index contributed by atoms with van der Waals surface area (Å²) in [6, 6.07) is -1.94. The molecule has 12 heteroatoms. The smallest absolute Gasteiger partial charge is 0.373 e. The van der Waals surface area contributed by atoms with Gasteiger partial charge in [-0.3, -0.25) is 19.2 Å². The van der Waals surface area contributed by atoms with Crippen molar-refractivity contribution < 1.29 is 47.7 Å². The molecule has 12 nitrogen and oxygen atoms in total. The van der Waals surface area contributed by atoms with Crippen molar-refractivity contribution in [2.75, 3.05) is 13.7 Å². The number of carbonyl (C=O) groups excluding carboxylic acids is 5. The number of amides is 1. The maximum Gasteiger partial charge on any atom is 0.373 e. The van der Waals surface area contributed by atoms with Gasteiger partial charge in [0.05, 0.1) is 19.2 Å². The molecule has 30 heavy (non-hydrogen) atoms. The van der Waals surface area contributed by atoms with Crippen LogP contribution in [0.25, 0.3) is 0 Å². The Labute approximate surface area is 173 Å². The lowest BCUT2D eigenvalue weighted by Crippen LogP contribution is -2.63. The van der Waals surface area contributed by atoms with E-state index in [1.165, 1.54) is 13.0 Å². The van der Waals surface area contributed by atoms with Crippen molar-refractivity contribution in [3.63, 3.8) is 0 Å². The van der Waals surface area contributed by atoms with Crippen molar-refractivity contribution >= 4 is 29.8 Å². The number of hydrogen-bond acceptors (Lipinski definition) is 11. The molecule has 0 radical (unpaired) electrons. The molecule has 0 saturated heterocycles. The summed E-state index contributed by atoms with van der Waals surface area (Å²) in [5.74, 6) is -3.85. The van der Waals surface area contributed by atoms with E-state index < -0.39 is 66.8 Å². The van der Waals surface area contributed by atoms with E-state index in [-0.39, 0.29) is 5.76 Å². The van der Waals surface area contributed by atoms with Gasteiger partial charge in [0.15, 0.2) is 18.3 Å². The first-order chi connectivity index (χ1) is 14.0. The minimum absolute atomic E-state index is 0.289. The van der Waals surface area contributed by atoms with Crippen molar-refractivity contribution in [1.82, 2.24) is 5.32 Å². The number of nitrogens with one attached hydrogen (secondary N) is 1. The number of hydrogen-bond donors (Lipinski definition) is 2. The molecule has 0 saturated carbocycles. The predicted molar refractivity (Wildman–Crippen MR) is 98.3 cm³/mol. The first kappa shape index (κ1) is 24.9. The summed E-state index contributed by atoms with van der Waals surface area (Å²) in [7, 11) is 1.12. The van der Waals surface area contributed by atoms with Crippen LogP contribution in [0.2, 0.25) is 0 Å².